The largest absolute Gasteiger partial charge is 0.393 e. The highest BCUT2D eigenvalue weighted by Crippen LogP contribution is 2.62. The van der Waals surface area contributed by atoms with Crippen molar-refractivity contribution in [2.24, 2.45) is 35.5 Å². The molecule has 0 spiro atoms. The van der Waals surface area contributed by atoms with E-state index in [1.54, 1.807) is 0 Å². The minimum atomic E-state index is -0.00250. The molecule has 0 aromatic heterocycles. The fraction of sp³-hybridized carbons (Fsp3) is 1.00. The van der Waals surface area contributed by atoms with E-state index in [0.29, 0.717) is 11.8 Å². The minimum absolute atomic E-state index is 0.00250. The van der Waals surface area contributed by atoms with Crippen molar-refractivity contribution >= 4 is 0 Å². The van der Waals surface area contributed by atoms with E-state index < -0.39 is 0 Å². The lowest BCUT2D eigenvalue weighted by molar-refractivity contribution is -0.0968. The van der Waals surface area contributed by atoms with Gasteiger partial charge in [-0.3, -0.25) is 0 Å². The first-order valence-corrected chi connectivity index (χ1v) is 6.60. The van der Waals surface area contributed by atoms with Crippen LogP contribution in [-0.4, -0.2) is 24.4 Å². The first kappa shape index (κ1) is 9.00. The Labute approximate surface area is 91.0 Å². The van der Waals surface area contributed by atoms with E-state index >= 15 is 0 Å². The summed E-state index contributed by atoms with van der Waals surface area (Å²) in [5, 5.41) is 10.2. The lowest BCUT2D eigenvalue weighted by Crippen LogP contribution is -2.42. The first-order valence-electron chi connectivity index (χ1n) is 6.60. The molecule has 4 rings (SSSR count). The average Bonchev–Trinajstić information content (AvgIpc) is 2.76. The Morgan fingerprint density at radius 1 is 0.867 bits per heavy atom. The van der Waals surface area contributed by atoms with Crippen LogP contribution in [0.15, 0.2) is 0 Å². The maximum absolute atomic E-state index is 10.2. The molecule has 0 radical (unpaired) electrons. The fourth-order valence-corrected chi connectivity index (χ4v) is 5.20. The predicted molar refractivity (Wildman–Crippen MR) is 56.2 cm³/mol. The topological polar surface area (TPSA) is 29.5 Å². The van der Waals surface area contributed by atoms with Gasteiger partial charge in [-0.05, 0) is 55.3 Å². The van der Waals surface area contributed by atoms with Gasteiger partial charge in [0.25, 0.3) is 0 Å². The van der Waals surface area contributed by atoms with Crippen LogP contribution in [0.2, 0.25) is 0 Å². The van der Waals surface area contributed by atoms with Crippen molar-refractivity contribution in [3.8, 4) is 0 Å². The molecule has 2 heteroatoms. The summed E-state index contributed by atoms with van der Waals surface area (Å²) in [5.74, 6) is 4.97. The molecule has 0 aromatic carbocycles. The SMILES string of the molecule is OC1CC2C3CCC(C3)C2C1C1COC1. The zero-order valence-electron chi connectivity index (χ0n) is 9.14. The fourth-order valence-electron chi connectivity index (χ4n) is 5.20. The summed E-state index contributed by atoms with van der Waals surface area (Å²) >= 11 is 0. The van der Waals surface area contributed by atoms with Crippen LogP contribution < -0.4 is 0 Å². The number of hydrogen-bond donors (Lipinski definition) is 1. The lowest BCUT2D eigenvalue weighted by Gasteiger charge is -2.39. The van der Waals surface area contributed by atoms with Crippen molar-refractivity contribution in [1.29, 1.82) is 0 Å². The Bertz CT molecular complexity index is 274. The zero-order chi connectivity index (χ0) is 9.99. The quantitative estimate of drug-likeness (QED) is 0.710. The van der Waals surface area contributed by atoms with Gasteiger partial charge in [0.05, 0.1) is 19.3 Å². The highest BCUT2D eigenvalue weighted by molar-refractivity contribution is 5.07. The Balaban J connectivity index is 1.62. The van der Waals surface area contributed by atoms with Crippen LogP contribution >= 0.6 is 0 Å². The van der Waals surface area contributed by atoms with Gasteiger partial charge in [-0.25, -0.2) is 0 Å². The van der Waals surface area contributed by atoms with Crippen molar-refractivity contribution in [1.82, 2.24) is 0 Å². The van der Waals surface area contributed by atoms with Crippen molar-refractivity contribution in [3.63, 3.8) is 0 Å². The van der Waals surface area contributed by atoms with Gasteiger partial charge in [-0.1, -0.05) is 0 Å². The summed E-state index contributed by atoms with van der Waals surface area (Å²) in [7, 11) is 0. The molecule has 15 heavy (non-hydrogen) atoms. The molecule has 1 N–H and O–H groups in total. The number of aliphatic hydroxyl groups is 1. The first-order chi connectivity index (χ1) is 7.34. The number of ether oxygens (including phenoxy) is 1. The van der Waals surface area contributed by atoms with E-state index in [2.05, 4.69) is 0 Å². The molecule has 4 aliphatic rings. The summed E-state index contributed by atoms with van der Waals surface area (Å²) in [6.07, 6.45) is 5.48. The Kier molecular flexibility index (Phi) is 1.79. The summed E-state index contributed by atoms with van der Waals surface area (Å²) in [6.45, 7) is 1.84. The van der Waals surface area contributed by atoms with Gasteiger partial charge in [0.2, 0.25) is 0 Å². The van der Waals surface area contributed by atoms with Gasteiger partial charge in [0.1, 0.15) is 0 Å². The lowest BCUT2D eigenvalue weighted by atomic mass is 9.73. The smallest absolute Gasteiger partial charge is 0.0578 e. The molecule has 1 saturated heterocycles. The molecule has 0 aromatic rings. The van der Waals surface area contributed by atoms with Crippen LogP contribution in [-0.2, 0) is 4.74 Å². The third-order valence-corrected chi connectivity index (χ3v) is 5.77. The van der Waals surface area contributed by atoms with Crippen molar-refractivity contribution < 1.29 is 9.84 Å². The van der Waals surface area contributed by atoms with Crippen molar-refractivity contribution in [2.45, 2.75) is 31.8 Å². The van der Waals surface area contributed by atoms with Gasteiger partial charge in [0.15, 0.2) is 0 Å². The van der Waals surface area contributed by atoms with Crippen LogP contribution in [0.25, 0.3) is 0 Å². The van der Waals surface area contributed by atoms with Crippen LogP contribution in [0.5, 0.6) is 0 Å². The van der Waals surface area contributed by atoms with E-state index in [-0.39, 0.29) is 6.10 Å². The maximum atomic E-state index is 10.2. The zero-order valence-corrected chi connectivity index (χ0v) is 9.14. The monoisotopic (exact) mass is 208 g/mol. The number of hydrogen-bond acceptors (Lipinski definition) is 2. The van der Waals surface area contributed by atoms with Crippen molar-refractivity contribution in [3.05, 3.63) is 0 Å². The van der Waals surface area contributed by atoms with Gasteiger partial charge < -0.3 is 9.84 Å². The molecule has 1 heterocycles. The second-order valence-electron chi connectivity index (χ2n) is 6.25. The molecular weight excluding hydrogens is 188 g/mol. The van der Waals surface area contributed by atoms with E-state index in [1.807, 2.05) is 0 Å². The molecule has 0 amide bonds. The third kappa shape index (κ3) is 1.07. The highest BCUT2D eigenvalue weighted by Gasteiger charge is 2.58. The Morgan fingerprint density at radius 3 is 2.40 bits per heavy atom. The molecule has 1 aliphatic heterocycles. The number of aliphatic hydroxyl groups excluding tert-OH is 1. The summed E-state index contributed by atoms with van der Waals surface area (Å²) in [5.41, 5.74) is 0. The second-order valence-corrected chi connectivity index (χ2v) is 6.25. The standard InChI is InChI=1S/C13H20O2/c14-11-4-10-7-1-2-8(3-7)12(10)13(11)9-5-15-6-9/h7-14H,1-6H2. The van der Waals surface area contributed by atoms with E-state index in [9.17, 15) is 5.11 Å². The van der Waals surface area contributed by atoms with Crippen LogP contribution in [0, 0.1) is 35.5 Å². The Hall–Kier alpha value is -0.0800. The molecule has 3 saturated carbocycles. The molecule has 6 atom stereocenters. The molecule has 2 nitrogen and oxygen atoms in total. The Morgan fingerprint density at radius 2 is 1.67 bits per heavy atom. The summed E-state index contributed by atoms with van der Waals surface area (Å²) in [4.78, 5) is 0. The van der Waals surface area contributed by atoms with E-state index in [4.69, 9.17) is 4.74 Å². The third-order valence-electron chi connectivity index (χ3n) is 5.77. The second kappa shape index (κ2) is 2.98. The molecule has 84 valence electrons. The number of rotatable bonds is 1. The predicted octanol–water partition coefficient (Wildman–Crippen LogP) is 1.68. The van der Waals surface area contributed by atoms with Crippen LogP contribution in [0.1, 0.15) is 25.7 Å². The normalized spacial score (nSPS) is 58.2. The average molecular weight is 208 g/mol. The molecular formula is C13H20O2. The number of fused-ring (bicyclic) bond motifs is 5. The van der Waals surface area contributed by atoms with Gasteiger partial charge in [-0.2, -0.15) is 0 Å². The minimum Gasteiger partial charge on any atom is -0.393 e. The van der Waals surface area contributed by atoms with Gasteiger partial charge >= 0.3 is 0 Å². The van der Waals surface area contributed by atoms with Crippen molar-refractivity contribution in [2.75, 3.05) is 13.2 Å². The van der Waals surface area contributed by atoms with E-state index in [1.165, 1.54) is 19.3 Å². The van der Waals surface area contributed by atoms with Gasteiger partial charge in [0, 0.05) is 5.92 Å². The molecule has 3 aliphatic carbocycles. The van der Waals surface area contributed by atoms with Crippen LogP contribution in [0.3, 0.4) is 0 Å². The summed E-state index contributed by atoms with van der Waals surface area (Å²) < 4.78 is 5.31. The summed E-state index contributed by atoms with van der Waals surface area (Å²) in [6, 6.07) is 0. The van der Waals surface area contributed by atoms with Crippen LogP contribution in [0.4, 0.5) is 0 Å². The molecule has 2 bridgehead atoms. The highest BCUT2D eigenvalue weighted by atomic mass is 16.5. The molecule has 4 fully saturated rings. The van der Waals surface area contributed by atoms with Gasteiger partial charge in [-0.15, -0.1) is 0 Å². The molecule has 6 unspecified atom stereocenters. The van der Waals surface area contributed by atoms with E-state index in [0.717, 1.165) is 43.3 Å². The maximum Gasteiger partial charge on any atom is 0.0578 e.